The average Bonchev–Trinajstić information content (AvgIpc) is 3.28. The predicted molar refractivity (Wildman–Crippen MR) is 140 cm³/mol. The summed E-state index contributed by atoms with van der Waals surface area (Å²) in [5.41, 5.74) is 1.00. The lowest BCUT2D eigenvalue weighted by Crippen LogP contribution is -2.48. The minimum Gasteiger partial charge on any atom is -0.508 e. The van der Waals surface area contributed by atoms with Gasteiger partial charge in [0.05, 0.1) is 5.02 Å². The first-order chi connectivity index (χ1) is 16.5. The highest BCUT2D eigenvalue weighted by Crippen LogP contribution is 2.43. The lowest BCUT2D eigenvalue weighted by Gasteiger charge is -2.34. The Morgan fingerprint density at radius 2 is 1.85 bits per heavy atom. The van der Waals surface area contributed by atoms with Gasteiger partial charge in [0.1, 0.15) is 16.3 Å². The molecule has 8 heteroatoms. The average molecular weight is 498 g/mol. The van der Waals surface area contributed by atoms with E-state index >= 15 is 4.39 Å². The molecule has 2 heterocycles. The van der Waals surface area contributed by atoms with E-state index in [-0.39, 0.29) is 27.8 Å². The highest BCUT2D eigenvalue weighted by atomic mass is 35.5. The molecule has 1 aromatic heterocycles. The molecule has 0 radical (unpaired) electrons. The normalized spacial score (nSPS) is 13.6. The van der Waals surface area contributed by atoms with Gasteiger partial charge in [-0.3, -0.25) is 4.79 Å². The number of aromatic hydroxyl groups is 1. The van der Waals surface area contributed by atoms with Gasteiger partial charge >= 0.3 is 0 Å². The van der Waals surface area contributed by atoms with Crippen LogP contribution >= 0.6 is 23.1 Å². The fourth-order valence-electron chi connectivity index (χ4n) is 4.23. The number of aromatic nitrogens is 1. The summed E-state index contributed by atoms with van der Waals surface area (Å²) in [5, 5.41) is 13.5. The van der Waals surface area contributed by atoms with Gasteiger partial charge in [-0.15, -0.1) is 0 Å². The Morgan fingerprint density at radius 3 is 2.56 bits per heavy atom. The number of carbonyl (C=O) groups is 1. The lowest BCUT2D eigenvalue weighted by molar-refractivity contribution is -0.126. The smallest absolute Gasteiger partial charge is 0.246 e. The Bertz CT molecular complexity index is 1380. The van der Waals surface area contributed by atoms with Crippen molar-refractivity contribution in [1.29, 1.82) is 0 Å². The third-order valence-corrected chi connectivity index (χ3v) is 7.04. The standard InChI is InChI=1S/C24H19ClFN3O2S.C2H6/c1-2-20(31)28-7-9-29(10-8-28)24-18-13-19(25)21(22(26)23(18)27-32-24)17-12-15(30)11-14-5-3-4-6-16(14)17;1-2/h2-6,11-13,30H,1,7-10H2;1-2H3. The number of rotatable bonds is 3. The Balaban J connectivity index is 0.00000133. The summed E-state index contributed by atoms with van der Waals surface area (Å²) in [6, 6.07) is 12.4. The van der Waals surface area contributed by atoms with Gasteiger partial charge in [-0.25, -0.2) is 4.39 Å². The number of piperazine rings is 1. The third kappa shape index (κ3) is 4.21. The highest BCUT2D eigenvalue weighted by molar-refractivity contribution is 7.11. The van der Waals surface area contributed by atoms with Crippen LogP contribution in [0.4, 0.5) is 9.39 Å². The maximum absolute atomic E-state index is 15.8. The fourth-order valence-corrected chi connectivity index (χ4v) is 5.44. The first kappa shape index (κ1) is 24.0. The molecule has 1 N–H and O–H groups in total. The first-order valence-electron chi connectivity index (χ1n) is 11.1. The molecule has 176 valence electrons. The molecule has 1 saturated heterocycles. The van der Waals surface area contributed by atoms with Crippen molar-refractivity contribution in [2.75, 3.05) is 31.1 Å². The van der Waals surface area contributed by atoms with Crippen molar-refractivity contribution in [2.24, 2.45) is 0 Å². The van der Waals surface area contributed by atoms with E-state index in [2.05, 4.69) is 15.9 Å². The Hall–Kier alpha value is -3.16. The molecule has 0 saturated carbocycles. The number of nitrogens with zero attached hydrogens (tertiary/aromatic N) is 3. The van der Waals surface area contributed by atoms with Gasteiger partial charge in [0.15, 0.2) is 5.82 Å². The molecule has 0 aliphatic carbocycles. The molecule has 0 spiro atoms. The summed E-state index contributed by atoms with van der Waals surface area (Å²) < 4.78 is 20.2. The molecule has 4 aromatic rings. The number of amides is 1. The monoisotopic (exact) mass is 497 g/mol. The number of fused-ring (bicyclic) bond motifs is 2. The first-order valence-corrected chi connectivity index (χ1v) is 12.3. The van der Waals surface area contributed by atoms with Crippen LogP contribution in [0.1, 0.15) is 13.8 Å². The topological polar surface area (TPSA) is 56.7 Å². The van der Waals surface area contributed by atoms with Gasteiger partial charge in [-0.05, 0) is 52.1 Å². The van der Waals surface area contributed by atoms with Crippen LogP contribution in [-0.4, -0.2) is 46.5 Å². The molecule has 0 bridgehead atoms. The van der Waals surface area contributed by atoms with Gasteiger partial charge in [-0.2, -0.15) is 4.37 Å². The summed E-state index contributed by atoms with van der Waals surface area (Å²) in [5.74, 6) is -0.553. The molecule has 1 amide bonds. The number of phenols is 1. The van der Waals surface area contributed by atoms with E-state index in [9.17, 15) is 9.90 Å². The van der Waals surface area contributed by atoms with Crippen molar-refractivity contribution in [3.63, 3.8) is 0 Å². The van der Waals surface area contributed by atoms with Crippen LogP contribution in [0.2, 0.25) is 5.02 Å². The molecular formula is C26H25ClFN3O2S. The van der Waals surface area contributed by atoms with Crippen molar-refractivity contribution in [3.8, 4) is 16.9 Å². The van der Waals surface area contributed by atoms with Crippen molar-refractivity contribution in [2.45, 2.75) is 13.8 Å². The van der Waals surface area contributed by atoms with Crippen LogP contribution in [0.15, 0.2) is 55.1 Å². The van der Waals surface area contributed by atoms with Crippen LogP contribution in [0, 0.1) is 5.82 Å². The Kier molecular flexibility index (Phi) is 7.05. The van der Waals surface area contributed by atoms with Crippen molar-refractivity contribution < 1.29 is 14.3 Å². The van der Waals surface area contributed by atoms with E-state index in [1.807, 2.05) is 38.1 Å². The van der Waals surface area contributed by atoms with E-state index in [0.29, 0.717) is 37.1 Å². The molecule has 34 heavy (non-hydrogen) atoms. The predicted octanol–water partition coefficient (Wildman–Crippen LogP) is 6.48. The van der Waals surface area contributed by atoms with Crippen LogP contribution in [0.25, 0.3) is 32.8 Å². The van der Waals surface area contributed by atoms with E-state index in [4.69, 9.17) is 11.6 Å². The SMILES string of the molecule is C=CC(=O)N1CCN(c2snc3c(F)c(-c4cc(O)cc5ccccc45)c(Cl)cc23)CC1.CC. The van der Waals surface area contributed by atoms with Crippen molar-refractivity contribution >= 4 is 55.7 Å². The van der Waals surface area contributed by atoms with Crippen LogP contribution < -0.4 is 4.90 Å². The Morgan fingerprint density at radius 1 is 1.15 bits per heavy atom. The zero-order valence-corrected chi connectivity index (χ0v) is 20.6. The maximum Gasteiger partial charge on any atom is 0.246 e. The Labute approximate surface area is 206 Å². The summed E-state index contributed by atoms with van der Waals surface area (Å²) in [6.45, 7) is 9.90. The van der Waals surface area contributed by atoms with Gasteiger partial charge in [0.25, 0.3) is 0 Å². The van der Waals surface area contributed by atoms with Crippen molar-refractivity contribution in [3.05, 3.63) is 66.0 Å². The van der Waals surface area contributed by atoms with E-state index in [0.717, 1.165) is 15.8 Å². The number of phenolic OH excluding ortho intramolecular Hbond substituents is 1. The summed E-state index contributed by atoms with van der Waals surface area (Å²) in [4.78, 5) is 15.7. The van der Waals surface area contributed by atoms with Gasteiger partial charge in [0, 0.05) is 37.1 Å². The number of benzene rings is 3. The van der Waals surface area contributed by atoms with Gasteiger partial charge in [0.2, 0.25) is 5.91 Å². The van der Waals surface area contributed by atoms with E-state index < -0.39 is 5.82 Å². The molecule has 1 fully saturated rings. The molecule has 0 unspecified atom stereocenters. The molecule has 3 aromatic carbocycles. The number of carbonyl (C=O) groups excluding carboxylic acids is 1. The number of hydrogen-bond acceptors (Lipinski definition) is 5. The minimum atomic E-state index is -0.508. The zero-order valence-electron chi connectivity index (χ0n) is 19.0. The molecular weight excluding hydrogens is 473 g/mol. The highest BCUT2D eigenvalue weighted by Gasteiger charge is 2.26. The minimum absolute atomic E-state index is 0.0418. The summed E-state index contributed by atoms with van der Waals surface area (Å²) in [6.07, 6.45) is 1.32. The van der Waals surface area contributed by atoms with Crippen LogP contribution in [0.5, 0.6) is 5.75 Å². The quantitative estimate of drug-likeness (QED) is 0.329. The van der Waals surface area contributed by atoms with Gasteiger partial charge in [-0.1, -0.05) is 56.3 Å². The molecule has 5 nitrogen and oxygen atoms in total. The van der Waals surface area contributed by atoms with E-state index in [1.54, 1.807) is 17.0 Å². The maximum atomic E-state index is 15.8. The molecule has 1 aliphatic heterocycles. The molecule has 5 rings (SSSR count). The van der Waals surface area contributed by atoms with Crippen molar-refractivity contribution in [1.82, 2.24) is 9.27 Å². The third-order valence-electron chi connectivity index (χ3n) is 5.82. The van der Waals surface area contributed by atoms with E-state index in [1.165, 1.54) is 23.7 Å². The number of halogens is 2. The lowest BCUT2D eigenvalue weighted by atomic mass is 9.96. The largest absolute Gasteiger partial charge is 0.508 e. The molecule has 0 atom stereocenters. The van der Waals surface area contributed by atoms with Crippen LogP contribution in [-0.2, 0) is 4.79 Å². The number of hydrogen-bond donors (Lipinski definition) is 1. The summed E-state index contributed by atoms with van der Waals surface area (Å²) in [7, 11) is 0. The van der Waals surface area contributed by atoms with Gasteiger partial charge < -0.3 is 14.9 Å². The van der Waals surface area contributed by atoms with Crippen LogP contribution in [0.3, 0.4) is 0 Å². The second-order valence-corrected chi connectivity index (χ2v) is 8.82. The second kappa shape index (κ2) is 9.99. The fraction of sp³-hybridized carbons (Fsp3) is 0.231. The summed E-state index contributed by atoms with van der Waals surface area (Å²) >= 11 is 7.84. The second-order valence-electron chi connectivity index (χ2n) is 7.66. The zero-order chi connectivity index (χ0) is 24.4. The molecule has 1 aliphatic rings. The number of anilines is 1.